The summed E-state index contributed by atoms with van der Waals surface area (Å²) in [7, 11) is 0. The molecule has 0 aromatic carbocycles. The standard InChI is InChI=1S/C7H15NO2.CHNO/c1-2-3-4-5-6-8-7(9)10;2-1-3/h8H,2-6H2,1H3,(H,9,10);2H. The topological polar surface area (TPSA) is 90.2 Å². The third kappa shape index (κ3) is 25.0. The van der Waals surface area contributed by atoms with Gasteiger partial charge in [0.1, 0.15) is 0 Å². The van der Waals surface area contributed by atoms with Crippen LogP contribution in [0.2, 0.25) is 0 Å². The summed E-state index contributed by atoms with van der Waals surface area (Å²) in [6.45, 7) is 2.72. The van der Waals surface area contributed by atoms with Gasteiger partial charge in [-0.05, 0) is 6.42 Å². The SMILES string of the molecule is CCCCCCNC(=O)O.N=C=O. The van der Waals surface area contributed by atoms with Crippen LogP contribution in [-0.2, 0) is 4.79 Å². The maximum absolute atomic E-state index is 9.92. The molecule has 76 valence electrons. The van der Waals surface area contributed by atoms with Crippen LogP contribution in [0.5, 0.6) is 0 Å². The fourth-order valence-corrected chi connectivity index (χ4v) is 0.747. The van der Waals surface area contributed by atoms with Gasteiger partial charge in [0.05, 0.1) is 0 Å². The van der Waals surface area contributed by atoms with E-state index in [0.717, 1.165) is 18.9 Å². The molecule has 0 rings (SSSR count). The highest BCUT2D eigenvalue weighted by Gasteiger charge is 1.91. The number of carbonyl (C=O) groups is 1. The van der Waals surface area contributed by atoms with Crippen molar-refractivity contribution in [2.75, 3.05) is 6.54 Å². The van der Waals surface area contributed by atoms with Gasteiger partial charge in [-0.2, -0.15) is 0 Å². The lowest BCUT2D eigenvalue weighted by molar-refractivity contribution is 0.194. The molecule has 0 aliphatic heterocycles. The van der Waals surface area contributed by atoms with Gasteiger partial charge in [0.2, 0.25) is 6.08 Å². The molecule has 0 fully saturated rings. The van der Waals surface area contributed by atoms with E-state index in [1.54, 1.807) is 0 Å². The zero-order valence-corrected chi connectivity index (χ0v) is 7.80. The Morgan fingerprint density at radius 1 is 1.46 bits per heavy atom. The minimum atomic E-state index is -0.920. The molecule has 13 heavy (non-hydrogen) atoms. The Labute approximate surface area is 77.7 Å². The number of nitrogens with one attached hydrogen (secondary N) is 2. The zero-order chi connectivity index (χ0) is 10.5. The van der Waals surface area contributed by atoms with Crippen LogP contribution < -0.4 is 5.32 Å². The molecule has 0 saturated carbocycles. The van der Waals surface area contributed by atoms with Gasteiger partial charge in [0.25, 0.3) is 0 Å². The monoisotopic (exact) mass is 188 g/mol. The molecule has 0 radical (unpaired) electrons. The fraction of sp³-hybridized carbons (Fsp3) is 0.750. The Morgan fingerprint density at radius 3 is 2.38 bits per heavy atom. The molecule has 0 atom stereocenters. The molecule has 0 bridgehead atoms. The van der Waals surface area contributed by atoms with Crippen LogP contribution >= 0.6 is 0 Å². The van der Waals surface area contributed by atoms with Crippen molar-refractivity contribution in [3.05, 3.63) is 0 Å². The summed E-state index contributed by atoms with van der Waals surface area (Å²) in [4.78, 5) is 18.3. The van der Waals surface area contributed by atoms with Gasteiger partial charge < -0.3 is 10.4 Å². The average Bonchev–Trinajstić information content (AvgIpc) is 2.05. The van der Waals surface area contributed by atoms with Crippen LogP contribution in [0.3, 0.4) is 0 Å². The average molecular weight is 188 g/mol. The molecule has 0 aliphatic carbocycles. The van der Waals surface area contributed by atoms with Crippen molar-refractivity contribution in [3.8, 4) is 0 Å². The molecular weight excluding hydrogens is 172 g/mol. The highest BCUT2D eigenvalue weighted by molar-refractivity contribution is 5.64. The molecule has 3 N–H and O–H groups in total. The van der Waals surface area contributed by atoms with E-state index in [0.29, 0.717) is 6.54 Å². The lowest BCUT2D eigenvalue weighted by Crippen LogP contribution is -2.21. The highest BCUT2D eigenvalue weighted by Crippen LogP contribution is 1.96. The van der Waals surface area contributed by atoms with Crippen molar-refractivity contribution in [1.29, 1.82) is 5.41 Å². The predicted molar refractivity (Wildman–Crippen MR) is 48.6 cm³/mol. The van der Waals surface area contributed by atoms with E-state index in [9.17, 15) is 4.79 Å². The summed E-state index contributed by atoms with van der Waals surface area (Å²) in [5, 5.41) is 15.9. The number of rotatable bonds is 5. The summed E-state index contributed by atoms with van der Waals surface area (Å²) in [5.74, 6) is 0. The lowest BCUT2D eigenvalue weighted by Gasteiger charge is -1.98. The first kappa shape index (κ1) is 14.2. The maximum atomic E-state index is 9.92. The summed E-state index contributed by atoms with van der Waals surface area (Å²) in [6.07, 6.45) is 4.29. The Morgan fingerprint density at radius 2 is 2.00 bits per heavy atom. The second-order valence-corrected chi connectivity index (χ2v) is 2.39. The smallest absolute Gasteiger partial charge is 0.404 e. The van der Waals surface area contributed by atoms with Crippen molar-refractivity contribution >= 4 is 12.2 Å². The second kappa shape index (κ2) is 13.3. The Bertz CT molecular complexity index is 153. The maximum Gasteiger partial charge on any atom is 0.404 e. The third-order valence-electron chi connectivity index (χ3n) is 1.31. The number of hydrogen-bond donors (Lipinski definition) is 3. The van der Waals surface area contributed by atoms with Crippen molar-refractivity contribution in [3.63, 3.8) is 0 Å². The molecule has 0 saturated heterocycles. The van der Waals surface area contributed by atoms with E-state index in [-0.39, 0.29) is 0 Å². The van der Waals surface area contributed by atoms with Crippen molar-refractivity contribution in [1.82, 2.24) is 5.32 Å². The van der Waals surface area contributed by atoms with Crippen LogP contribution in [0, 0.1) is 5.41 Å². The van der Waals surface area contributed by atoms with Gasteiger partial charge in [-0.3, -0.25) is 0 Å². The first-order valence-corrected chi connectivity index (χ1v) is 4.19. The summed E-state index contributed by atoms with van der Waals surface area (Å²) in [5.41, 5.74) is 0. The van der Waals surface area contributed by atoms with Crippen LogP contribution in [0.1, 0.15) is 32.6 Å². The molecular formula is C8H16N2O3. The van der Waals surface area contributed by atoms with Gasteiger partial charge in [0, 0.05) is 6.54 Å². The highest BCUT2D eigenvalue weighted by atomic mass is 16.4. The summed E-state index contributed by atoms with van der Waals surface area (Å²) < 4.78 is 0. The van der Waals surface area contributed by atoms with E-state index in [1.165, 1.54) is 12.8 Å². The van der Waals surface area contributed by atoms with Gasteiger partial charge in [-0.25, -0.2) is 15.0 Å². The van der Waals surface area contributed by atoms with Crippen LogP contribution in [0.4, 0.5) is 4.79 Å². The number of unbranched alkanes of at least 4 members (excludes halogenated alkanes) is 3. The summed E-state index contributed by atoms with van der Waals surface area (Å²) in [6, 6.07) is 0. The largest absolute Gasteiger partial charge is 0.465 e. The molecule has 0 aromatic heterocycles. The van der Waals surface area contributed by atoms with E-state index >= 15 is 0 Å². The van der Waals surface area contributed by atoms with Gasteiger partial charge >= 0.3 is 6.09 Å². The van der Waals surface area contributed by atoms with Crippen LogP contribution in [0.25, 0.3) is 0 Å². The number of hydrogen-bond acceptors (Lipinski definition) is 3. The first-order valence-electron chi connectivity index (χ1n) is 4.19. The molecule has 0 aliphatic rings. The Balaban J connectivity index is 0. The third-order valence-corrected chi connectivity index (χ3v) is 1.31. The van der Waals surface area contributed by atoms with Crippen LogP contribution in [-0.4, -0.2) is 23.8 Å². The van der Waals surface area contributed by atoms with E-state index in [4.69, 9.17) is 15.3 Å². The molecule has 1 amide bonds. The molecule has 0 unspecified atom stereocenters. The number of amides is 1. The minimum absolute atomic E-state index is 0.593. The predicted octanol–water partition coefficient (Wildman–Crippen LogP) is 1.74. The molecule has 5 nitrogen and oxygen atoms in total. The van der Waals surface area contributed by atoms with Crippen molar-refractivity contribution in [2.24, 2.45) is 0 Å². The quantitative estimate of drug-likeness (QED) is 0.348. The lowest BCUT2D eigenvalue weighted by atomic mass is 10.2. The van der Waals surface area contributed by atoms with Crippen molar-refractivity contribution in [2.45, 2.75) is 32.6 Å². The number of isocyanates is 1. The van der Waals surface area contributed by atoms with Crippen LogP contribution in [0.15, 0.2) is 0 Å². The summed E-state index contributed by atoms with van der Waals surface area (Å²) >= 11 is 0. The second-order valence-electron chi connectivity index (χ2n) is 2.39. The van der Waals surface area contributed by atoms with E-state index in [1.807, 2.05) is 0 Å². The molecule has 0 aromatic rings. The van der Waals surface area contributed by atoms with Gasteiger partial charge in [-0.15, -0.1) is 0 Å². The molecule has 5 heteroatoms. The van der Waals surface area contributed by atoms with E-state index < -0.39 is 6.09 Å². The van der Waals surface area contributed by atoms with Gasteiger partial charge in [-0.1, -0.05) is 26.2 Å². The number of carbonyl (C=O) groups excluding carboxylic acids is 1. The molecule has 0 heterocycles. The van der Waals surface area contributed by atoms with Crippen molar-refractivity contribution < 1.29 is 14.7 Å². The van der Waals surface area contributed by atoms with Gasteiger partial charge in [0.15, 0.2) is 0 Å². The molecule has 0 spiro atoms. The Kier molecular flexibility index (Phi) is 14.5. The first-order chi connectivity index (χ1) is 6.18. The Hall–Kier alpha value is -1.35. The minimum Gasteiger partial charge on any atom is -0.465 e. The zero-order valence-electron chi connectivity index (χ0n) is 7.80. The fourth-order valence-electron chi connectivity index (χ4n) is 0.747. The number of carboxylic acid groups (broad SMARTS) is 1. The normalized spacial score (nSPS) is 7.77. The van der Waals surface area contributed by atoms with E-state index in [2.05, 4.69) is 12.2 Å².